The smallest absolute Gasteiger partial charge is 0.253 e. The van der Waals surface area contributed by atoms with Gasteiger partial charge in [-0.2, -0.15) is 0 Å². The minimum absolute atomic E-state index is 0.459. The Kier molecular flexibility index (Phi) is 3.94. The Morgan fingerprint density at radius 2 is 1.38 bits per heavy atom. The molecule has 0 radical (unpaired) electrons. The van der Waals surface area contributed by atoms with Crippen LogP contribution >= 0.6 is 34.8 Å². The first-order valence-corrected chi connectivity index (χ1v) is 5.98. The summed E-state index contributed by atoms with van der Waals surface area (Å²) < 4.78 is -1.89. The van der Waals surface area contributed by atoms with Crippen molar-refractivity contribution in [1.29, 1.82) is 0 Å². The summed E-state index contributed by atoms with van der Waals surface area (Å²) in [5, 5.41) is 0. The number of carbonyl (C=O) groups is 1. The average Bonchev–Trinajstić information content (AvgIpc) is 2.13. The van der Waals surface area contributed by atoms with Gasteiger partial charge in [0.1, 0.15) is 0 Å². The fourth-order valence-electron chi connectivity index (χ4n) is 1.70. The van der Waals surface area contributed by atoms with E-state index in [1.165, 1.54) is 0 Å². The Labute approximate surface area is 111 Å². The lowest BCUT2D eigenvalue weighted by Gasteiger charge is -2.17. The van der Waals surface area contributed by atoms with Gasteiger partial charge in [0.15, 0.2) is 0 Å². The monoisotopic (exact) mass is 278 g/mol. The number of ketones is 1. The summed E-state index contributed by atoms with van der Waals surface area (Å²) in [4.78, 5) is 12.0. The Balaban J connectivity index is 3.50. The van der Waals surface area contributed by atoms with Crippen LogP contribution in [-0.4, -0.2) is 9.58 Å². The summed E-state index contributed by atoms with van der Waals surface area (Å²) in [6.07, 6.45) is 0. The first-order chi connectivity index (χ1) is 7.16. The zero-order chi connectivity index (χ0) is 12.7. The van der Waals surface area contributed by atoms with Crippen molar-refractivity contribution in [3.05, 3.63) is 33.9 Å². The summed E-state index contributed by atoms with van der Waals surface area (Å²) >= 11 is 16.9. The molecule has 4 heteroatoms. The van der Waals surface area contributed by atoms with Gasteiger partial charge < -0.3 is 0 Å². The van der Waals surface area contributed by atoms with Crippen LogP contribution in [0.5, 0.6) is 0 Å². The zero-order valence-corrected chi connectivity index (χ0v) is 11.9. The molecule has 0 aliphatic rings. The summed E-state index contributed by atoms with van der Waals surface area (Å²) in [6.45, 7) is 7.62. The van der Waals surface area contributed by atoms with Gasteiger partial charge in [0, 0.05) is 5.56 Å². The first kappa shape index (κ1) is 13.8. The molecular formula is C12H13Cl3O. The molecule has 0 N–H and O–H groups in total. The third-order valence-corrected chi connectivity index (χ3v) is 3.37. The largest absolute Gasteiger partial charge is 0.289 e. The van der Waals surface area contributed by atoms with E-state index in [1.54, 1.807) is 0 Å². The summed E-state index contributed by atoms with van der Waals surface area (Å²) in [5.41, 5.74) is 4.33. The second-order valence-corrected chi connectivity index (χ2v) is 6.24. The summed E-state index contributed by atoms with van der Waals surface area (Å²) in [5.74, 6) is -0.459. The third kappa shape index (κ3) is 2.53. The fourth-order valence-corrected chi connectivity index (χ4v) is 1.98. The molecule has 0 aliphatic heterocycles. The van der Waals surface area contributed by atoms with Gasteiger partial charge in [0.25, 0.3) is 3.79 Å². The highest BCUT2D eigenvalue weighted by molar-refractivity contribution is 6.77. The van der Waals surface area contributed by atoms with Crippen molar-refractivity contribution in [2.24, 2.45) is 0 Å². The third-order valence-electron chi connectivity index (χ3n) is 2.85. The van der Waals surface area contributed by atoms with Crippen LogP contribution in [-0.2, 0) is 0 Å². The normalized spacial score (nSPS) is 11.7. The Hall–Kier alpha value is -0.240. The number of hydrogen-bond acceptors (Lipinski definition) is 1. The van der Waals surface area contributed by atoms with E-state index in [4.69, 9.17) is 34.8 Å². The number of rotatable bonds is 1. The minimum Gasteiger partial charge on any atom is -0.289 e. The van der Waals surface area contributed by atoms with Gasteiger partial charge in [-0.25, -0.2) is 0 Å². The van der Waals surface area contributed by atoms with Crippen molar-refractivity contribution in [3.8, 4) is 0 Å². The number of Topliss-reactive ketones (excluding diaryl/α,β-unsaturated/α-hetero) is 1. The van der Waals surface area contributed by atoms with Gasteiger partial charge in [-0.1, -0.05) is 40.9 Å². The van der Waals surface area contributed by atoms with Crippen LogP contribution in [0.15, 0.2) is 6.07 Å². The fraction of sp³-hybridized carbons (Fsp3) is 0.417. The molecule has 1 aromatic rings. The molecule has 0 atom stereocenters. The molecule has 1 rings (SSSR count). The number of benzene rings is 1. The van der Waals surface area contributed by atoms with Crippen molar-refractivity contribution in [1.82, 2.24) is 0 Å². The molecule has 0 saturated heterocycles. The standard InChI is InChI=1S/C12H13Cl3O/c1-6-5-7(2)9(4)10(8(6)3)11(16)12(13,14)15/h5H,1-4H3. The van der Waals surface area contributed by atoms with Crippen LogP contribution in [0.3, 0.4) is 0 Å². The molecule has 0 bridgehead atoms. The van der Waals surface area contributed by atoms with Crippen molar-refractivity contribution < 1.29 is 4.79 Å². The maximum absolute atomic E-state index is 12.0. The van der Waals surface area contributed by atoms with E-state index in [-0.39, 0.29) is 0 Å². The van der Waals surface area contributed by atoms with Gasteiger partial charge >= 0.3 is 0 Å². The van der Waals surface area contributed by atoms with Crippen LogP contribution in [0.1, 0.15) is 32.6 Å². The molecule has 0 saturated carbocycles. The summed E-state index contributed by atoms with van der Waals surface area (Å²) in [6, 6.07) is 2.03. The van der Waals surface area contributed by atoms with Crippen LogP contribution in [0, 0.1) is 27.7 Å². The summed E-state index contributed by atoms with van der Waals surface area (Å²) in [7, 11) is 0. The molecule has 0 aromatic heterocycles. The van der Waals surface area contributed by atoms with Crippen LogP contribution in [0.4, 0.5) is 0 Å². The van der Waals surface area contributed by atoms with Gasteiger partial charge in [0.2, 0.25) is 5.78 Å². The first-order valence-electron chi connectivity index (χ1n) is 4.85. The van der Waals surface area contributed by atoms with E-state index < -0.39 is 9.58 Å². The molecule has 1 nitrogen and oxygen atoms in total. The number of halogens is 3. The van der Waals surface area contributed by atoms with Crippen LogP contribution in [0.25, 0.3) is 0 Å². The van der Waals surface area contributed by atoms with Gasteiger partial charge in [-0.15, -0.1) is 0 Å². The van der Waals surface area contributed by atoms with E-state index >= 15 is 0 Å². The number of carbonyl (C=O) groups excluding carboxylic acids is 1. The molecule has 88 valence electrons. The lowest BCUT2D eigenvalue weighted by atomic mass is 9.92. The Bertz CT molecular complexity index is 418. The van der Waals surface area contributed by atoms with Crippen LogP contribution < -0.4 is 0 Å². The molecule has 0 heterocycles. The van der Waals surface area contributed by atoms with E-state index in [0.29, 0.717) is 5.56 Å². The van der Waals surface area contributed by atoms with Gasteiger partial charge in [0.05, 0.1) is 0 Å². The van der Waals surface area contributed by atoms with E-state index in [0.717, 1.165) is 22.3 Å². The zero-order valence-electron chi connectivity index (χ0n) is 9.62. The topological polar surface area (TPSA) is 17.1 Å². The molecule has 0 unspecified atom stereocenters. The van der Waals surface area contributed by atoms with E-state index in [9.17, 15) is 4.79 Å². The van der Waals surface area contributed by atoms with E-state index in [2.05, 4.69) is 0 Å². The Morgan fingerprint density at radius 3 is 1.69 bits per heavy atom. The molecule has 0 spiro atoms. The van der Waals surface area contributed by atoms with E-state index in [1.807, 2.05) is 33.8 Å². The molecule has 0 aliphatic carbocycles. The molecule has 0 fully saturated rings. The maximum Gasteiger partial charge on any atom is 0.253 e. The second-order valence-electron chi connectivity index (χ2n) is 3.96. The van der Waals surface area contributed by atoms with Gasteiger partial charge in [-0.05, 0) is 49.9 Å². The average molecular weight is 280 g/mol. The number of alkyl halides is 3. The minimum atomic E-state index is -1.89. The highest BCUT2D eigenvalue weighted by Crippen LogP contribution is 2.34. The molecular weight excluding hydrogens is 266 g/mol. The predicted molar refractivity (Wildman–Crippen MR) is 70.0 cm³/mol. The lowest BCUT2D eigenvalue weighted by molar-refractivity contribution is 0.0995. The van der Waals surface area contributed by atoms with Crippen molar-refractivity contribution in [2.45, 2.75) is 31.5 Å². The van der Waals surface area contributed by atoms with Crippen molar-refractivity contribution in [2.75, 3.05) is 0 Å². The molecule has 1 aromatic carbocycles. The maximum atomic E-state index is 12.0. The molecule has 16 heavy (non-hydrogen) atoms. The SMILES string of the molecule is Cc1cc(C)c(C)c(C(=O)C(Cl)(Cl)Cl)c1C. The quantitative estimate of drug-likeness (QED) is 0.547. The van der Waals surface area contributed by atoms with Crippen molar-refractivity contribution >= 4 is 40.6 Å². The highest BCUT2D eigenvalue weighted by Gasteiger charge is 2.34. The van der Waals surface area contributed by atoms with Crippen LogP contribution in [0.2, 0.25) is 0 Å². The predicted octanol–water partition coefficient (Wildman–Crippen LogP) is 4.47. The molecule has 0 amide bonds. The van der Waals surface area contributed by atoms with Gasteiger partial charge in [-0.3, -0.25) is 4.79 Å². The lowest BCUT2D eigenvalue weighted by Crippen LogP contribution is -2.22. The number of aryl methyl sites for hydroxylation is 2. The second kappa shape index (κ2) is 4.56. The Morgan fingerprint density at radius 1 is 1.00 bits per heavy atom. The number of hydrogen-bond donors (Lipinski definition) is 0. The highest BCUT2D eigenvalue weighted by atomic mass is 35.6. The van der Waals surface area contributed by atoms with Crippen molar-refractivity contribution in [3.63, 3.8) is 0 Å².